The molecule has 2 aliphatic carbocycles. The van der Waals surface area contributed by atoms with Gasteiger partial charge in [-0.3, -0.25) is 4.98 Å². The van der Waals surface area contributed by atoms with E-state index < -0.39 is 0 Å². The monoisotopic (exact) mass is 393 g/mol. The highest BCUT2D eigenvalue weighted by Crippen LogP contribution is 2.31. The third-order valence-electron chi connectivity index (χ3n) is 6.99. The SMILES string of the molecule is CCc1ccc2c(c1)=CC(CCc1ccc(C)nc1)c1c3c(ccc1=2)=CC(C)CC3. The smallest absolute Gasteiger partial charge is 0.0372 e. The molecule has 1 nitrogen and oxygen atoms in total. The maximum atomic E-state index is 4.51. The van der Waals surface area contributed by atoms with Gasteiger partial charge in [0, 0.05) is 17.8 Å². The fourth-order valence-corrected chi connectivity index (χ4v) is 5.25. The minimum Gasteiger partial charge on any atom is -0.261 e. The molecule has 152 valence electrons. The summed E-state index contributed by atoms with van der Waals surface area (Å²) in [4.78, 5) is 4.51. The van der Waals surface area contributed by atoms with Gasteiger partial charge in [-0.2, -0.15) is 0 Å². The van der Waals surface area contributed by atoms with E-state index in [1.807, 2.05) is 0 Å². The van der Waals surface area contributed by atoms with E-state index in [9.17, 15) is 0 Å². The Balaban J connectivity index is 1.67. The van der Waals surface area contributed by atoms with E-state index in [0.29, 0.717) is 11.8 Å². The molecule has 3 aromatic rings. The van der Waals surface area contributed by atoms with Crippen LogP contribution in [0.15, 0.2) is 48.7 Å². The zero-order chi connectivity index (χ0) is 20.7. The Labute approximate surface area is 179 Å². The van der Waals surface area contributed by atoms with Crippen molar-refractivity contribution in [1.29, 1.82) is 0 Å². The minimum atomic E-state index is 0.470. The van der Waals surface area contributed by atoms with Gasteiger partial charge in [-0.1, -0.05) is 62.4 Å². The van der Waals surface area contributed by atoms with Gasteiger partial charge in [0.05, 0.1) is 0 Å². The standard InChI is InChI=1S/C29H31N/c1-4-21-9-13-26-25(16-21)17-24(10-8-22-7-6-20(3)30-18-22)29-27-12-5-19(2)15-23(27)11-14-28(26)29/h6-7,9,11,13-19,24H,4-5,8,10,12H2,1-3H3. The Kier molecular flexibility index (Phi) is 5.06. The highest BCUT2D eigenvalue weighted by atomic mass is 14.7. The lowest BCUT2D eigenvalue weighted by molar-refractivity contribution is 0.646. The topological polar surface area (TPSA) is 12.9 Å². The van der Waals surface area contributed by atoms with Crippen molar-refractivity contribution in [2.45, 2.75) is 58.8 Å². The second-order valence-electron chi connectivity index (χ2n) is 9.17. The van der Waals surface area contributed by atoms with Crippen LogP contribution in [0.3, 0.4) is 0 Å². The Morgan fingerprint density at radius 1 is 0.933 bits per heavy atom. The lowest BCUT2D eigenvalue weighted by Crippen LogP contribution is -2.24. The van der Waals surface area contributed by atoms with E-state index in [0.717, 1.165) is 25.0 Å². The van der Waals surface area contributed by atoms with Crippen LogP contribution in [-0.2, 0) is 19.3 Å². The maximum Gasteiger partial charge on any atom is 0.0372 e. The van der Waals surface area contributed by atoms with Crippen LogP contribution in [0, 0.1) is 23.3 Å². The molecule has 0 spiro atoms. The van der Waals surface area contributed by atoms with Crippen molar-refractivity contribution >= 4 is 12.2 Å². The van der Waals surface area contributed by atoms with E-state index in [1.165, 1.54) is 44.8 Å². The van der Waals surface area contributed by atoms with E-state index in [1.54, 1.807) is 11.1 Å². The summed E-state index contributed by atoms with van der Waals surface area (Å²) >= 11 is 0. The van der Waals surface area contributed by atoms with Crippen molar-refractivity contribution in [2.24, 2.45) is 5.92 Å². The summed E-state index contributed by atoms with van der Waals surface area (Å²) in [6.07, 6.45) is 12.9. The molecule has 0 fully saturated rings. The molecule has 2 aliphatic rings. The van der Waals surface area contributed by atoms with Gasteiger partial charge in [-0.25, -0.2) is 0 Å². The molecular weight excluding hydrogens is 362 g/mol. The molecule has 5 rings (SSSR count). The number of nitrogens with zero attached hydrogens (tertiary/aromatic N) is 1. The average molecular weight is 394 g/mol. The van der Waals surface area contributed by atoms with Gasteiger partial charge in [0.15, 0.2) is 0 Å². The molecule has 0 radical (unpaired) electrons. The average Bonchev–Trinajstić information content (AvgIpc) is 2.77. The van der Waals surface area contributed by atoms with Crippen LogP contribution >= 0.6 is 0 Å². The second kappa shape index (κ2) is 7.87. The first-order valence-electron chi connectivity index (χ1n) is 11.5. The highest BCUT2D eigenvalue weighted by molar-refractivity contribution is 5.52. The van der Waals surface area contributed by atoms with Gasteiger partial charge in [-0.05, 0) is 94.1 Å². The predicted molar refractivity (Wildman–Crippen MR) is 126 cm³/mol. The summed E-state index contributed by atoms with van der Waals surface area (Å²) in [5, 5.41) is 5.76. The largest absolute Gasteiger partial charge is 0.261 e. The lowest BCUT2D eigenvalue weighted by Gasteiger charge is -2.25. The van der Waals surface area contributed by atoms with E-state index in [2.05, 4.69) is 86.6 Å². The van der Waals surface area contributed by atoms with Gasteiger partial charge in [0.2, 0.25) is 0 Å². The number of aryl methyl sites for hydroxylation is 3. The number of aromatic nitrogens is 1. The van der Waals surface area contributed by atoms with Crippen LogP contribution < -0.4 is 10.4 Å². The van der Waals surface area contributed by atoms with Crippen LogP contribution in [-0.4, -0.2) is 4.98 Å². The number of benzene rings is 2. The van der Waals surface area contributed by atoms with E-state index in [-0.39, 0.29) is 0 Å². The van der Waals surface area contributed by atoms with Crippen LogP contribution in [0.4, 0.5) is 0 Å². The van der Waals surface area contributed by atoms with Gasteiger partial charge in [0.25, 0.3) is 0 Å². The van der Waals surface area contributed by atoms with E-state index in [4.69, 9.17) is 0 Å². The normalized spacial score (nSPS) is 19.2. The molecule has 2 unspecified atom stereocenters. The Morgan fingerprint density at radius 2 is 1.77 bits per heavy atom. The molecule has 1 aromatic heterocycles. The summed E-state index contributed by atoms with van der Waals surface area (Å²) < 4.78 is 0. The summed E-state index contributed by atoms with van der Waals surface area (Å²) in [5.74, 6) is 1.15. The van der Waals surface area contributed by atoms with Crippen LogP contribution in [0.5, 0.6) is 0 Å². The van der Waals surface area contributed by atoms with Crippen LogP contribution in [0.1, 0.15) is 60.6 Å². The molecule has 1 heterocycles. The molecule has 1 heteroatoms. The molecule has 2 atom stereocenters. The minimum absolute atomic E-state index is 0.470. The first-order chi connectivity index (χ1) is 14.6. The zero-order valence-corrected chi connectivity index (χ0v) is 18.4. The first kappa shape index (κ1) is 19.3. The Morgan fingerprint density at radius 3 is 2.57 bits per heavy atom. The third kappa shape index (κ3) is 3.51. The molecule has 0 N–H and O–H groups in total. The van der Waals surface area contributed by atoms with Crippen molar-refractivity contribution in [3.8, 4) is 0 Å². The number of hydrogen-bond donors (Lipinski definition) is 0. The molecular formula is C29H31N. The van der Waals surface area contributed by atoms with Crippen molar-refractivity contribution in [2.75, 3.05) is 0 Å². The van der Waals surface area contributed by atoms with Gasteiger partial charge >= 0.3 is 0 Å². The molecule has 0 saturated heterocycles. The maximum absolute atomic E-state index is 4.51. The molecule has 30 heavy (non-hydrogen) atoms. The number of rotatable bonds is 4. The van der Waals surface area contributed by atoms with Gasteiger partial charge in [-0.15, -0.1) is 0 Å². The Hall–Kier alpha value is -2.67. The Bertz CT molecular complexity index is 1300. The van der Waals surface area contributed by atoms with Crippen LogP contribution in [0.2, 0.25) is 0 Å². The molecule has 0 bridgehead atoms. The quantitative estimate of drug-likeness (QED) is 0.600. The summed E-state index contributed by atoms with van der Waals surface area (Å²) in [5.41, 5.74) is 7.04. The zero-order valence-electron chi connectivity index (χ0n) is 18.4. The molecule has 0 amide bonds. The summed E-state index contributed by atoms with van der Waals surface area (Å²) in [6.45, 7) is 6.65. The van der Waals surface area contributed by atoms with Crippen LogP contribution in [0.25, 0.3) is 12.2 Å². The first-order valence-corrected chi connectivity index (χ1v) is 11.5. The number of pyridine rings is 1. The van der Waals surface area contributed by atoms with Crippen molar-refractivity contribution in [1.82, 2.24) is 4.98 Å². The number of fused-ring (bicyclic) bond motifs is 4. The van der Waals surface area contributed by atoms with Crippen molar-refractivity contribution < 1.29 is 0 Å². The second-order valence-corrected chi connectivity index (χ2v) is 9.17. The fraction of sp³-hybridized carbons (Fsp3) is 0.345. The number of hydrogen-bond acceptors (Lipinski definition) is 1. The molecule has 0 aliphatic heterocycles. The van der Waals surface area contributed by atoms with Crippen molar-refractivity contribution in [3.63, 3.8) is 0 Å². The van der Waals surface area contributed by atoms with Gasteiger partial charge in [0.1, 0.15) is 0 Å². The fourth-order valence-electron chi connectivity index (χ4n) is 5.25. The molecule has 0 saturated carbocycles. The lowest BCUT2D eigenvalue weighted by atomic mass is 9.79. The predicted octanol–water partition coefficient (Wildman–Crippen LogP) is 5.11. The molecule has 2 aromatic carbocycles. The highest BCUT2D eigenvalue weighted by Gasteiger charge is 2.21. The van der Waals surface area contributed by atoms with E-state index >= 15 is 0 Å². The third-order valence-corrected chi connectivity index (χ3v) is 6.99. The van der Waals surface area contributed by atoms with Crippen molar-refractivity contribution in [3.05, 3.63) is 97.5 Å². The van der Waals surface area contributed by atoms with Gasteiger partial charge < -0.3 is 0 Å². The summed E-state index contributed by atoms with van der Waals surface area (Å²) in [7, 11) is 0. The summed E-state index contributed by atoms with van der Waals surface area (Å²) in [6, 6.07) is 16.2.